The van der Waals surface area contributed by atoms with Crippen LogP contribution in [0.5, 0.6) is 5.75 Å². The summed E-state index contributed by atoms with van der Waals surface area (Å²) in [5.41, 5.74) is 1.43. The summed E-state index contributed by atoms with van der Waals surface area (Å²) in [4.78, 5) is 25.6. The Bertz CT molecular complexity index is 884. The van der Waals surface area contributed by atoms with Gasteiger partial charge in [-0.2, -0.15) is 0 Å². The highest BCUT2D eigenvalue weighted by Gasteiger charge is 2.19. The van der Waals surface area contributed by atoms with Gasteiger partial charge in [0, 0.05) is 5.56 Å². The summed E-state index contributed by atoms with van der Waals surface area (Å²) in [6.07, 6.45) is 0. The van der Waals surface area contributed by atoms with Crippen LogP contribution in [-0.2, 0) is 11.3 Å². The maximum atomic E-state index is 12.6. The van der Waals surface area contributed by atoms with Crippen molar-refractivity contribution in [2.75, 3.05) is 7.11 Å². The smallest absolute Gasteiger partial charge is 0.339 e. The van der Waals surface area contributed by atoms with Crippen LogP contribution in [0.25, 0.3) is 0 Å². The van der Waals surface area contributed by atoms with E-state index in [-0.39, 0.29) is 18.0 Å². The summed E-state index contributed by atoms with van der Waals surface area (Å²) >= 11 is 1.35. The standard InChI is InChI=1S/C20H16O4S/c1-23-15-7-4-6-14(12-15)13-24-20(22)17-9-3-2-8-16(17)19(21)18-10-5-11-25-18/h2-12H,13H2,1H3. The second-order valence-electron chi connectivity index (χ2n) is 5.28. The first-order valence-electron chi connectivity index (χ1n) is 7.66. The molecule has 0 saturated heterocycles. The van der Waals surface area contributed by atoms with Gasteiger partial charge in [0.15, 0.2) is 0 Å². The topological polar surface area (TPSA) is 52.6 Å². The molecule has 0 saturated carbocycles. The average molecular weight is 352 g/mol. The molecule has 0 aliphatic carbocycles. The molecule has 3 rings (SSSR count). The Hall–Kier alpha value is -2.92. The van der Waals surface area contributed by atoms with E-state index in [4.69, 9.17) is 9.47 Å². The van der Waals surface area contributed by atoms with Crippen molar-refractivity contribution < 1.29 is 19.1 Å². The summed E-state index contributed by atoms with van der Waals surface area (Å²) in [7, 11) is 1.58. The Kier molecular flexibility index (Phi) is 5.26. The van der Waals surface area contributed by atoms with Crippen molar-refractivity contribution in [3.63, 3.8) is 0 Å². The zero-order valence-electron chi connectivity index (χ0n) is 13.6. The van der Waals surface area contributed by atoms with E-state index >= 15 is 0 Å². The van der Waals surface area contributed by atoms with Crippen molar-refractivity contribution >= 4 is 23.1 Å². The molecular formula is C20H16O4S. The molecule has 0 aliphatic rings. The molecule has 0 radical (unpaired) electrons. The number of methoxy groups -OCH3 is 1. The third-order valence-electron chi connectivity index (χ3n) is 3.64. The van der Waals surface area contributed by atoms with Gasteiger partial charge in [0.1, 0.15) is 12.4 Å². The fourth-order valence-corrected chi connectivity index (χ4v) is 3.07. The number of rotatable bonds is 6. The van der Waals surface area contributed by atoms with Gasteiger partial charge < -0.3 is 9.47 Å². The van der Waals surface area contributed by atoms with Crippen LogP contribution in [-0.4, -0.2) is 18.9 Å². The number of thiophene rings is 1. The van der Waals surface area contributed by atoms with Crippen LogP contribution in [0.1, 0.15) is 31.2 Å². The first-order chi connectivity index (χ1) is 12.2. The number of esters is 1. The number of hydrogen-bond donors (Lipinski definition) is 0. The van der Waals surface area contributed by atoms with Gasteiger partial charge in [0.05, 0.1) is 17.6 Å². The van der Waals surface area contributed by atoms with Gasteiger partial charge in [-0.3, -0.25) is 4.79 Å². The van der Waals surface area contributed by atoms with Crippen molar-refractivity contribution in [3.8, 4) is 5.75 Å². The summed E-state index contributed by atoms with van der Waals surface area (Å²) in [5, 5.41) is 1.83. The quantitative estimate of drug-likeness (QED) is 0.489. The number of ketones is 1. The van der Waals surface area contributed by atoms with Crippen molar-refractivity contribution in [3.05, 3.63) is 87.6 Å². The van der Waals surface area contributed by atoms with Crippen molar-refractivity contribution in [1.82, 2.24) is 0 Å². The highest BCUT2D eigenvalue weighted by Crippen LogP contribution is 2.20. The van der Waals surface area contributed by atoms with Crippen LogP contribution in [0, 0.1) is 0 Å². The van der Waals surface area contributed by atoms with Gasteiger partial charge in [-0.25, -0.2) is 4.79 Å². The molecule has 0 fully saturated rings. The molecule has 0 unspecified atom stereocenters. The van der Waals surface area contributed by atoms with E-state index in [1.165, 1.54) is 11.3 Å². The highest BCUT2D eigenvalue weighted by molar-refractivity contribution is 7.12. The van der Waals surface area contributed by atoms with Crippen molar-refractivity contribution in [2.24, 2.45) is 0 Å². The molecule has 4 nitrogen and oxygen atoms in total. The largest absolute Gasteiger partial charge is 0.497 e. The third-order valence-corrected chi connectivity index (χ3v) is 4.51. The molecule has 1 aromatic heterocycles. The van der Waals surface area contributed by atoms with E-state index in [9.17, 15) is 9.59 Å². The van der Waals surface area contributed by atoms with E-state index in [2.05, 4.69) is 0 Å². The molecule has 0 atom stereocenters. The number of benzene rings is 2. The van der Waals surface area contributed by atoms with Crippen LogP contribution >= 0.6 is 11.3 Å². The zero-order valence-corrected chi connectivity index (χ0v) is 14.4. The normalized spacial score (nSPS) is 10.3. The van der Waals surface area contributed by atoms with Crippen molar-refractivity contribution in [1.29, 1.82) is 0 Å². The van der Waals surface area contributed by atoms with Gasteiger partial charge in [0.2, 0.25) is 5.78 Å². The van der Waals surface area contributed by atoms with Crippen molar-refractivity contribution in [2.45, 2.75) is 6.61 Å². The molecule has 0 aliphatic heterocycles. The van der Waals surface area contributed by atoms with Gasteiger partial charge in [0.25, 0.3) is 0 Å². The number of carbonyl (C=O) groups is 2. The first-order valence-corrected chi connectivity index (χ1v) is 8.54. The molecule has 5 heteroatoms. The lowest BCUT2D eigenvalue weighted by atomic mass is 10.0. The molecule has 126 valence electrons. The minimum absolute atomic E-state index is 0.109. The first kappa shape index (κ1) is 16.9. The fraction of sp³-hybridized carbons (Fsp3) is 0.100. The van der Waals surface area contributed by atoms with Crippen LogP contribution < -0.4 is 4.74 Å². The van der Waals surface area contributed by atoms with E-state index in [0.717, 1.165) is 5.56 Å². The minimum atomic E-state index is -0.525. The average Bonchev–Trinajstić information content (AvgIpc) is 3.20. The van der Waals surface area contributed by atoms with Crippen LogP contribution in [0.15, 0.2) is 66.0 Å². The van der Waals surface area contributed by atoms with Crippen LogP contribution in [0.2, 0.25) is 0 Å². The second-order valence-corrected chi connectivity index (χ2v) is 6.23. The fourth-order valence-electron chi connectivity index (χ4n) is 2.39. The summed E-state index contributed by atoms with van der Waals surface area (Å²) in [6, 6.07) is 17.5. The molecule has 0 bridgehead atoms. The monoisotopic (exact) mass is 352 g/mol. The third kappa shape index (κ3) is 3.95. The predicted molar refractivity (Wildman–Crippen MR) is 96.3 cm³/mol. The van der Waals surface area contributed by atoms with E-state index < -0.39 is 5.97 Å². The van der Waals surface area contributed by atoms with Gasteiger partial charge in [-0.05, 0) is 35.2 Å². The summed E-state index contributed by atoms with van der Waals surface area (Å²) in [6.45, 7) is 0.109. The lowest BCUT2D eigenvalue weighted by molar-refractivity contribution is 0.0470. The lowest BCUT2D eigenvalue weighted by Crippen LogP contribution is -2.12. The van der Waals surface area contributed by atoms with Gasteiger partial charge in [-0.15, -0.1) is 11.3 Å². The molecule has 1 heterocycles. The van der Waals surface area contributed by atoms with E-state index in [0.29, 0.717) is 16.2 Å². The molecule has 0 spiro atoms. The SMILES string of the molecule is COc1cccc(COC(=O)c2ccccc2C(=O)c2cccs2)c1. The number of ether oxygens (including phenoxy) is 2. The Balaban J connectivity index is 1.77. The number of hydrogen-bond acceptors (Lipinski definition) is 5. The molecular weight excluding hydrogens is 336 g/mol. The summed E-state index contributed by atoms with van der Waals surface area (Å²) < 4.78 is 10.5. The zero-order chi connectivity index (χ0) is 17.6. The molecule has 0 N–H and O–H groups in total. The van der Waals surface area contributed by atoms with E-state index in [1.54, 1.807) is 43.5 Å². The van der Waals surface area contributed by atoms with Crippen LogP contribution in [0.4, 0.5) is 0 Å². The van der Waals surface area contributed by atoms with E-state index in [1.807, 2.05) is 29.6 Å². The second kappa shape index (κ2) is 7.77. The Morgan fingerprint density at radius 1 is 0.960 bits per heavy atom. The predicted octanol–water partition coefficient (Wildman–Crippen LogP) is 4.34. The Labute approximate surface area is 149 Å². The Morgan fingerprint density at radius 2 is 1.76 bits per heavy atom. The number of carbonyl (C=O) groups excluding carboxylic acids is 2. The highest BCUT2D eigenvalue weighted by atomic mass is 32.1. The van der Waals surface area contributed by atoms with Gasteiger partial charge in [-0.1, -0.05) is 36.4 Å². The minimum Gasteiger partial charge on any atom is -0.497 e. The molecule has 0 amide bonds. The van der Waals surface area contributed by atoms with Crippen LogP contribution in [0.3, 0.4) is 0 Å². The maximum absolute atomic E-state index is 12.6. The molecule has 25 heavy (non-hydrogen) atoms. The van der Waals surface area contributed by atoms with Gasteiger partial charge >= 0.3 is 5.97 Å². The molecule has 3 aromatic rings. The summed E-state index contributed by atoms with van der Waals surface area (Å²) in [5.74, 6) is -0.00548. The molecule has 2 aromatic carbocycles. The maximum Gasteiger partial charge on any atom is 0.339 e. The lowest BCUT2D eigenvalue weighted by Gasteiger charge is -2.09. The Morgan fingerprint density at radius 3 is 2.48 bits per heavy atom.